The first kappa shape index (κ1) is 19.2. The fourth-order valence-electron chi connectivity index (χ4n) is 1.09. The first-order valence-electron chi connectivity index (χ1n) is 5.58. The highest BCUT2D eigenvalue weighted by atomic mass is 16.4. The third kappa shape index (κ3) is 15.9. The molecule has 0 heterocycles. The van der Waals surface area contributed by atoms with Crippen molar-refractivity contribution in [1.29, 1.82) is 0 Å². The largest absolute Gasteiger partial charge is 0.481 e. The molecule has 0 aromatic carbocycles. The van der Waals surface area contributed by atoms with Crippen LogP contribution in [0.5, 0.6) is 0 Å². The van der Waals surface area contributed by atoms with Crippen molar-refractivity contribution >= 4 is 23.9 Å². The lowest BCUT2D eigenvalue weighted by Gasteiger charge is -2.06. The van der Waals surface area contributed by atoms with E-state index in [1.165, 1.54) is 0 Å². The molecule has 0 amide bonds. The summed E-state index contributed by atoms with van der Waals surface area (Å²) in [7, 11) is 0. The lowest BCUT2D eigenvalue weighted by molar-refractivity contribution is -0.148. The van der Waals surface area contributed by atoms with Gasteiger partial charge < -0.3 is 20.4 Å². The Morgan fingerprint density at radius 1 is 0.842 bits per heavy atom. The molecular weight excluding hydrogens is 260 g/mol. The minimum atomic E-state index is -1.08. The maximum atomic E-state index is 10.4. The standard InChI is InChI=1S/C7H12O4.C4H6O4/c1-2-3-5(7(10)11)4-6(8)9;5-3(6)1-2-4(7)8/h5H,2-4H2,1H3,(H,8,9)(H,10,11);1-2H2,(H,5,6)(H,7,8). The summed E-state index contributed by atoms with van der Waals surface area (Å²) in [5.41, 5.74) is 0. The number of aliphatic carboxylic acids is 4. The number of hydrogen-bond acceptors (Lipinski definition) is 4. The highest BCUT2D eigenvalue weighted by molar-refractivity contribution is 5.77. The molecule has 0 spiro atoms. The van der Waals surface area contributed by atoms with Crippen molar-refractivity contribution in [3.8, 4) is 0 Å². The van der Waals surface area contributed by atoms with Gasteiger partial charge in [0.2, 0.25) is 0 Å². The summed E-state index contributed by atoms with van der Waals surface area (Å²) >= 11 is 0. The van der Waals surface area contributed by atoms with Crippen molar-refractivity contribution in [3.05, 3.63) is 0 Å². The van der Waals surface area contributed by atoms with Crippen LogP contribution in [0, 0.1) is 5.92 Å². The van der Waals surface area contributed by atoms with Gasteiger partial charge in [0.15, 0.2) is 0 Å². The quantitative estimate of drug-likeness (QED) is 0.511. The smallest absolute Gasteiger partial charge is 0.307 e. The molecule has 1 atom stereocenters. The molecule has 0 aromatic rings. The molecule has 4 N–H and O–H groups in total. The first-order valence-corrected chi connectivity index (χ1v) is 5.58. The minimum Gasteiger partial charge on any atom is -0.481 e. The molecule has 19 heavy (non-hydrogen) atoms. The van der Waals surface area contributed by atoms with Crippen molar-refractivity contribution in [3.63, 3.8) is 0 Å². The van der Waals surface area contributed by atoms with Gasteiger partial charge in [0, 0.05) is 0 Å². The van der Waals surface area contributed by atoms with Gasteiger partial charge in [-0.1, -0.05) is 13.3 Å². The Balaban J connectivity index is 0. The van der Waals surface area contributed by atoms with Gasteiger partial charge in [-0.05, 0) is 6.42 Å². The summed E-state index contributed by atoms with van der Waals surface area (Å²) in [6.07, 6.45) is 0.264. The Hall–Kier alpha value is -2.12. The number of carbonyl (C=O) groups is 4. The molecule has 0 saturated carbocycles. The van der Waals surface area contributed by atoms with Crippen LogP contribution in [0.25, 0.3) is 0 Å². The van der Waals surface area contributed by atoms with Gasteiger partial charge in [0.1, 0.15) is 0 Å². The Bertz CT molecular complexity index is 309. The Labute approximate surface area is 109 Å². The molecular formula is C11H18O8. The van der Waals surface area contributed by atoms with Crippen molar-refractivity contribution in [2.24, 2.45) is 5.92 Å². The summed E-state index contributed by atoms with van der Waals surface area (Å²) in [6, 6.07) is 0. The Kier molecular flexibility index (Phi) is 11.1. The molecule has 0 rings (SSSR count). The molecule has 1 unspecified atom stereocenters. The van der Waals surface area contributed by atoms with E-state index < -0.39 is 29.8 Å². The van der Waals surface area contributed by atoms with E-state index in [1.54, 1.807) is 0 Å². The molecule has 0 saturated heterocycles. The van der Waals surface area contributed by atoms with Crippen LogP contribution in [-0.4, -0.2) is 44.3 Å². The Morgan fingerprint density at radius 3 is 1.47 bits per heavy atom. The van der Waals surface area contributed by atoms with Gasteiger partial charge in [-0.2, -0.15) is 0 Å². The zero-order valence-electron chi connectivity index (χ0n) is 10.5. The molecule has 0 aliphatic carbocycles. The average molecular weight is 278 g/mol. The van der Waals surface area contributed by atoms with Crippen molar-refractivity contribution in [2.45, 2.75) is 39.0 Å². The molecule has 0 radical (unpaired) electrons. The molecule has 8 nitrogen and oxygen atoms in total. The van der Waals surface area contributed by atoms with Crippen LogP contribution in [0.15, 0.2) is 0 Å². The minimum absolute atomic E-state index is 0.275. The zero-order chi connectivity index (χ0) is 15.4. The van der Waals surface area contributed by atoms with Gasteiger partial charge in [0.25, 0.3) is 0 Å². The van der Waals surface area contributed by atoms with E-state index in [9.17, 15) is 19.2 Å². The van der Waals surface area contributed by atoms with Crippen LogP contribution in [0.1, 0.15) is 39.0 Å². The molecule has 110 valence electrons. The van der Waals surface area contributed by atoms with E-state index in [2.05, 4.69) is 0 Å². The van der Waals surface area contributed by atoms with E-state index >= 15 is 0 Å². The van der Waals surface area contributed by atoms with Crippen LogP contribution < -0.4 is 0 Å². The lowest BCUT2D eigenvalue weighted by atomic mass is 10.0. The highest BCUT2D eigenvalue weighted by Gasteiger charge is 2.19. The van der Waals surface area contributed by atoms with Crippen LogP contribution in [-0.2, 0) is 19.2 Å². The second-order valence-electron chi connectivity index (χ2n) is 3.71. The normalized spacial score (nSPS) is 10.8. The third-order valence-corrected chi connectivity index (χ3v) is 1.96. The van der Waals surface area contributed by atoms with Gasteiger partial charge in [0.05, 0.1) is 25.2 Å². The summed E-state index contributed by atoms with van der Waals surface area (Å²) in [6.45, 7) is 1.83. The zero-order valence-corrected chi connectivity index (χ0v) is 10.5. The number of rotatable bonds is 8. The molecule has 0 bridgehead atoms. The van der Waals surface area contributed by atoms with Crippen molar-refractivity contribution in [1.82, 2.24) is 0 Å². The SMILES string of the molecule is CCCC(CC(=O)O)C(=O)O.O=C(O)CCC(=O)O. The van der Waals surface area contributed by atoms with Crippen LogP contribution in [0.3, 0.4) is 0 Å². The fraction of sp³-hybridized carbons (Fsp3) is 0.636. The predicted octanol–water partition coefficient (Wildman–Crippen LogP) is 0.898. The maximum absolute atomic E-state index is 10.4. The summed E-state index contributed by atoms with van der Waals surface area (Å²) in [5.74, 6) is -4.95. The molecule has 0 aliphatic rings. The Morgan fingerprint density at radius 2 is 1.26 bits per heavy atom. The average Bonchev–Trinajstić information content (AvgIpc) is 2.26. The highest BCUT2D eigenvalue weighted by Crippen LogP contribution is 2.10. The summed E-state index contributed by atoms with van der Waals surface area (Å²) in [5, 5.41) is 32.6. The molecule has 0 fully saturated rings. The first-order chi connectivity index (χ1) is 8.70. The summed E-state index contributed by atoms with van der Waals surface area (Å²) in [4.78, 5) is 39.8. The number of carboxylic acid groups (broad SMARTS) is 4. The van der Waals surface area contributed by atoms with Crippen LogP contribution >= 0.6 is 0 Å². The number of hydrogen-bond donors (Lipinski definition) is 4. The van der Waals surface area contributed by atoms with Gasteiger partial charge in [-0.25, -0.2) is 0 Å². The van der Waals surface area contributed by atoms with E-state index in [-0.39, 0.29) is 19.3 Å². The second kappa shape index (κ2) is 11.0. The molecule has 0 aromatic heterocycles. The lowest BCUT2D eigenvalue weighted by Crippen LogP contribution is -2.17. The monoisotopic (exact) mass is 278 g/mol. The van der Waals surface area contributed by atoms with E-state index in [0.29, 0.717) is 12.8 Å². The fourth-order valence-corrected chi connectivity index (χ4v) is 1.09. The third-order valence-electron chi connectivity index (χ3n) is 1.96. The maximum Gasteiger partial charge on any atom is 0.307 e. The van der Waals surface area contributed by atoms with Gasteiger partial charge in [-0.3, -0.25) is 19.2 Å². The van der Waals surface area contributed by atoms with Crippen LogP contribution in [0.2, 0.25) is 0 Å². The van der Waals surface area contributed by atoms with Crippen molar-refractivity contribution in [2.75, 3.05) is 0 Å². The molecule has 8 heteroatoms. The van der Waals surface area contributed by atoms with E-state index in [4.69, 9.17) is 20.4 Å². The molecule has 0 aliphatic heterocycles. The van der Waals surface area contributed by atoms with E-state index in [1.807, 2.05) is 6.92 Å². The summed E-state index contributed by atoms with van der Waals surface area (Å²) < 4.78 is 0. The second-order valence-corrected chi connectivity index (χ2v) is 3.71. The van der Waals surface area contributed by atoms with E-state index in [0.717, 1.165) is 0 Å². The predicted molar refractivity (Wildman–Crippen MR) is 62.8 cm³/mol. The van der Waals surface area contributed by atoms with Gasteiger partial charge >= 0.3 is 23.9 Å². The van der Waals surface area contributed by atoms with Crippen molar-refractivity contribution < 1.29 is 39.6 Å². The number of carboxylic acids is 4. The van der Waals surface area contributed by atoms with Crippen LogP contribution in [0.4, 0.5) is 0 Å². The van der Waals surface area contributed by atoms with Gasteiger partial charge in [-0.15, -0.1) is 0 Å². The topological polar surface area (TPSA) is 149 Å².